The summed E-state index contributed by atoms with van der Waals surface area (Å²) < 4.78 is 6.96. The fourth-order valence-corrected chi connectivity index (χ4v) is 1.29. The Hall–Kier alpha value is 0.370. The Morgan fingerprint density at radius 2 is 2.29 bits per heavy atom. The lowest BCUT2D eigenvalue weighted by Gasteiger charge is -1.85. The maximum atomic E-state index is 6.96. The lowest BCUT2D eigenvalue weighted by molar-refractivity contribution is 0.896. The topological polar surface area (TPSA) is 23.9 Å². The van der Waals surface area contributed by atoms with Crippen molar-refractivity contribution in [1.82, 2.24) is 0 Å². The summed E-state index contributed by atoms with van der Waals surface area (Å²) in [6, 6.07) is 0. The minimum atomic E-state index is -0.773. The Morgan fingerprint density at radius 1 is 1.71 bits per heavy atom. The van der Waals surface area contributed by atoms with Gasteiger partial charge >= 0.3 is 0 Å². The molecule has 0 amide bonds. The summed E-state index contributed by atoms with van der Waals surface area (Å²) >= 11 is 4.68. The molecule has 0 heterocycles. The van der Waals surface area contributed by atoms with E-state index in [1.54, 1.807) is 0 Å². The molecule has 1 unspecified atom stereocenters. The average Bonchev–Trinajstić information content (AvgIpc) is 1.61. The number of rotatable bonds is 3. The minimum absolute atomic E-state index is 0.773. The summed E-state index contributed by atoms with van der Waals surface area (Å²) in [6.45, 7) is 2.12. The first-order chi connectivity index (χ1) is 3.27. The van der Waals surface area contributed by atoms with Gasteiger partial charge in [-0.2, -0.15) is 0 Å². The molecule has 0 saturated carbocycles. The molecule has 0 spiro atoms. The number of hydrogen-bond donors (Lipinski definition) is 2. The van der Waals surface area contributed by atoms with Crippen molar-refractivity contribution in [2.24, 2.45) is 0 Å². The zero-order chi connectivity index (χ0) is 5.70. The normalized spacial score (nSPS) is 13.9. The quantitative estimate of drug-likeness (QED) is 0.564. The van der Waals surface area contributed by atoms with E-state index < -0.39 is 9.25 Å². The molecule has 3 heteroatoms. The molecule has 7 heavy (non-hydrogen) atoms. The molecule has 0 radical (unpaired) electrons. The molecule has 0 aromatic carbocycles. The smallest absolute Gasteiger partial charge is 0.00489 e. The number of hydrogen-bond acceptors (Lipinski definition) is 2. The van der Waals surface area contributed by atoms with E-state index in [0.29, 0.717) is 0 Å². The van der Waals surface area contributed by atoms with Gasteiger partial charge in [0.15, 0.2) is 0 Å². The summed E-state index contributed by atoms with van der Waals surface area (Å²) in [7, 11) is -0.773. The summed E-state index contributed by atoms with van der Waals surface area (Å²) in [5.74, 6) is 0.946. The van der Waals surface area contributed by atoms with Gasteiger partial charge in [0.05, 0.1) is 0 Å². The summed E-state index contributed by atoms with van der Waals surface area (Å²) in [5, 5.41) is 0. The van der Waals surface area contributed by atoms with Crippen LogP contribution in [0.15, 0.2) is 0 Å². The van der Waals surface area contributed by atoms with Gasteiger partial charge in [-0.3, -0.25) is 4.78 Å². The highest BCUT2D eigenvalue weighted by Gasteiger charge is 1.76. The van der Waals surface area contributed by atoms with Crippen molar-refractivity contribution in [2.75, 3.05) is 5.75 Å². The lowest BCUT2D eigenvalue weighted by atomic mass is 10.4. The number of unbranched alkanes of at least 4 members (excludes halogenated alkanes) is 1. The lowest BCUT2D eigenvalue weighted by Crippen LogP contribution is -1.80. The van der Waals surface area contributed by atoms with E-state index in [4.69, 9.17) is 4.78 Å². The van der Waals surface area contributed by atoms with E-state index in [1.807, 2.05) is 0 Å². The van der Waals surface area contributed by atoms with Gasteiger partial charge in [0.1, 0.15) is 0 Å². The van der Waals surface area contributed by atoms with Gasteiger partial charge < -0.3 is 0 Å². The molecule has 0 aromatic rings. The fourth-order valence-electron chi connectivity index (χ4n) is 0.302. The highest BCUT2D eigenvalue weighted by atomic mass is 32.8. The van der Waals surface area contributed by atoms with Crippen molar-refractivity contribution in [3.05, 3.63) is 0 Å². The summed E-state index contributed by atoms with van der Waals surface area (Å²) in [5.41, 5.74) is 0. The van der Waals surface area contributed by atoms with E-state index in [2.05, 4.69) is 18.1 Å². The van der Waals surface area contributed by atoms with Crippen LogP contribution in [-0.4, -0.2) is 5.75 Å². The van der Waals surface area contributed by atoms with Gasteiger partial charge in [-0.05, 0) is 17.6 Å². The van der Waals surface area contributed by atoms with Crippen LogP contribution >= 0.6 is 0 Å². The maximum absolute atomic E-state index is 6.96. The number of nitrogens with one attached hydrogen (secondary N) is 1. The highest BCUT2D eigenvalue weighted by Crippen LogP contribution is 1.84. The molecule has 0 rings (SSSR count). The van der Waals surface area contributed by atoms with E-state index in [1.165, 1.54) is 6.42 Å². The van der Waals surface area contributed by atoms with Crippen LogP contribution in [-0.2, 0) is 20.4 Å². The molecule has 0 aliphatic heterocycles. The van der Waals surface area contributed by atoms with Gasteiger partial charge in [0.25, 0.3) is 0 Å². The second-order valence-electron chi connectivity index (χ2n) is 1.46. The molecule has 44 valence electrons. The van der Waals surface area contributed by atoms with Crippen molar-refractivity contribution in [2.45, 2.75) is 19.8 Å². The Morgan fingerprint density at radius 3 is 2.43 bits per heavy atom. The van der Waals surface area contributed by atoms with Gasteiger partial charge in [0.2, 0.25) is 0 Å². The van der Waals surface area contributed by atoms with Crippen molar-refractivity contribution in [3.63, 3.8) is 0 Å². The zero-order valence-corrected chi connectivity index (χ0v) is 6.19. The van der Waals surface area contributed by atoms with E-state index in [9.17, 15) is 0 Å². The predicted octanol–water partition coefficient (Wildman–Crippen LogP) is 1.36. The first-order valence-electron chi connectivity index (χ1n) is 2.43. The van der Waals surface area contributed by atoms with Gasteiger partial charge in [0, 0.05) is 5.75 Å². The van der Waals surface area contributed by atoms with Crippen molar-refractivity contribution in [3.8, 4) is 0 Å². The van der Waals surface area contributed by atoms with Crippen LogP contribution in [0.4, 0.5) is 0 Å². The van der Waals surface area contributed by atoms with Crippen molar-refractivity contribution < 1.29 is 0 Å². The maximum Gasteiger partial charge on any atom is 0.00489 e. The van der Waals surface area contributed by atoms with Crippen LogP contribution in [0.3, 0.4) is 0 Å². The largest absolute Gasteiger partial charge is 0.279 e. The molecule has 1 nitrogen and oxygen atoms in total. The molecular formula is C4H11NS2. The molecule has 0 fully saturated rings. The third-order valence-electron chi connectivity index (χ3n) is 0.715. The predicted molar refractivity (Wildman–Crippen MR) is 38.6 cm³/mol. The number of thiol groups is 1. The average molecular weight is 137 g/mol. The Labute approximate surface area is 51.3 Å². The van der Waals surface area contributed by atoms with Crippen LogP contribution < -0.4 is 0 Å². The van der Waals surface area contributed by atoms with Gasteiger partial charge in [-0.1, -0.05) is 22.6 Å². The molecule has 1 N–H and O–H groups in total. The second kappa shape index (κ2) is 4.53. The van der Waals surface area contributed by atoms with E-state index >= 15 is 0 Å². The molecule has 0 bridgehead atoms. The van der Waals surface area contributed by atoms with Crippen LogP contribution in [0.2, 0.25) is 0 Å². The van der Waals surface area contributed by atoms with Crippen LogP contribution in [0, 0.1) is 4.78 Å². The van der Waals surface area contributed by atoms with Gasteiger partial charge in [-0.15, -0.1) is 0 Å². The molecule has 0 aliphatic carbocycles. The highest BCUT2D eigenvalue weighted by molar-refractivity contribution is 8.22. The van der Waals surface area contributed by atoms with E-state index in [0.717, 1.165) is 12.2 Å². The summed E-state index contributed by atoms with van der Waals surface area (Å²) in [4.78, 5) is 0. The molecule has 1 atom stereocenters. The Balaban J connectivity index is 2.98. The van der Waals surface area contributed by atoms with E-state index in [-0.39, 0.29) is 0 Å². The standard InChI is InChI=1S/C4H11NS2/c1-2-3-4-7(5)6/h5,7H,2-4H2,1H3. The Bertz CT molecular complexity index is 87.9. The first kappa shape index (κ1) is 7.37. The third kappa shape index (κ3) is 6.37. The van der Waals surface area contributed by atoms with Crippen molar-refractivity contribution in [1.29, 1.82) is 4.78 Å². The fraction of sp³-hybridized carbons (Fsp3) is 1.00. The monoisotopic (exact) mass is 137 g/mol. The van der Waals surface area contributed by atoms with Gasteiger partial charge in [-0.25, -0.2) is 0 Å². The van der Waals surface area contributed by atoms with Crippen LogP contribution in [0.5, 0.6) is 0 Å². The Kier molecular flexibility index (Phi) is 4.77. The summed E-state index contributed by atoms with van der Waals surface area (Å²) in [6.07, 6.45) is 2.31. The SMILES string of the molecule is CCCC[SH](=N)=S. The molecule has 0 aliphatic rings. The van der Waals surface area contributed by atoms with Crippen molar-refractivity contribution >= 4 is 20.4 Å². The first-order valence-corrected chi connectivity index (χ1v) is 4.97. The molecule has 0 aromatic heterocycles. The third-order valence-corrected chi connectivity index (χ3v) is 1.98. The van der Waals surface area contributed by atoms with Crippen LogP contribution in [0.25, 0.3) is 0 Å². The zero-order valence-electron chi connectivity index (χ0n) is 4.48. The molecular weight excluding hydrogens is 126 g/mol. The minimum Gasteiger partial charge on any atom is -0.279 e. The molecule has 0 saturated heterocycles. The second-order valence-corrected chi connectivity index (χ2v) is 3.98. The van der Waals surface area contributed by atoms with Crippen LogP contribution in [0.1, 0.15) is 19.8 Å².